The van der Waals surface area contributed by atoms with E-state index < -0.39 is 11.9 Å². The minimum Gasteiger partial charge on any atom is -0.490 e. The SMILES string of the molecule is C=CCc1cc(C2C3=C(CCCC3=O)N(CC(=O)O)C3=C2C(=O)CCC3)cc(OCC)c1OCc1cccc(F)c1. The van der Waals surface area contributed by atoms with E-state index in [4.69, 9.17) is 9.47 Å². The third-order valence-corrected chi connectivity index (χ3v) is 7.80. The minimum absolute atomic E-state index is 0.0637. The summed E-state index contributed by atoms with van der Waals surface area (Å²) in [5.41, 5.74) is 4.58. The summed E-state index contributed by atoms with van der Waals surface area (Å²) in [6.07, 6.45) is 5.28. The van der Waals surface area contributed by atoms with Crippen LogP contribution in [0.2, 0.25) is 0 Å². The molecule has 0 atom stereocenters. The molecule has 2 aliphatic carbocycles. The highest BCUT2D eigenvalue weighted by Gasteiger charge is 2.44. The Morgan fingerprint density at radius 3 is 2.32 bits per heavy atom. The van der Waals surface area contributed by atoms with Crippen LogP contribution in [-0.4, -0.2) is 40.7 Å². The van der Waals surface area contributed by atoms with Gasteiger partial charge in [-0.05, 0) is 68.4 Å². The van der Waals surface area contributed by atoms with Crippen LogP contribution in [0.1, 0.15) is 68.1 Å². The summed E-state index contributed by atoms with van der Waals surface area (Å²) in [7, 11) is 0. The monoisotopic (exact) mass is 559 g/mol. The van der Waals surface area contributed by atoms with Crippen LogP contribution in [0.15, 0.2) is 71.6 Å². The largest absolute Gasteiger partial charge is 0.490 e. The van der Waals surface area contributed by atoms with Crippen LogP contribution in [0, 0.1) is 5.82 Å². The smallest absolute Gasteiger partial charge is 0.323 e. The second kappa shape index (κ2) is 12.1. The van der Waals surface area contributed by atoms with Crippen LogP contribution < -0.4 is 9.47 Å². The number of halogens is 1. The molecule has 5 rings (SSSR count). The van der Waals surface area contributed by atoms with E-state index in [0.717, 1.165) is 11.1 Å². The van der Waals surface area contributed by atoms with Crippen molar-refractivity contribution in [2.75, 3.05) is 13.2 Å². The van der Waals surface area contributed by atoms with Crippen molar-refractivity contribution in [2.45, 2.75) is 64.4 Å². The Morgan fingerprint density at radius 1 is 1.05 bits per heavy atom. The standard InChI is InChI=1S/C33H34FNO6/c1-3-8-21-16-22(17-28(40-4-2)33(21)41-19-20-9-5-10-23(34)15-20)30-31-24(11-6-13-26(31)36)35(18-29(38)39)25-12-7-14-27(37)32(25)30/h3,5,9-10,15-17,30H,1,4,6-8,11-14,18-19H2,2H3,(H,38,39). The first kappa shape index (κ1) is 28.3. The van der Waals surface area contributed by atoms with E-state index in [1.165, 1.54) is 12.1 Å². The van der Waals surface area contributed by atoms with Crippen LogP contribution in [-0.2, 0) is 27.4 Å². The summed E-state index contributed by atoms with van der Waals surface area (Å²) in [4.78, 5) is 40.6. The van der Waals surface area contributed by atoms with Crippen molar-refractivity contribution >= 4 is 17.5 Å². The predicted octanol–water partition coefficient (Wildman–Crippen LogP) is 6.03. The molecule has 0 saturated carbocycles. The van der Waals surface area contributed by atoms with Gasteiger partial charge in [0.25, 0.3) is 0 Å². The molecule has 1 heterocycles. The number of allylic oxidation sites excluding steroid dienone is 5. The maximum absolute atomic E-state index is 13.8. The van der Waals surface area contributed by atoms with Gasteiger partial charge in [0.15, 0.2) is 23.1 Å². The van der Waals surface area contributed by atoms with Gasteiger partial charge in [-0.3, -0.25) is 14.4 Å². The summed E-state index contributed by atoms with van der Waals surface area (Å²) in [6.45, 7) is 5.95. The van der Waals surface area contributed by atoms with Crippen LogP contribution in [0.25, 0.3) is 0 Å². The van der Waals surface area contributed by atoms with Gasteiger partial charge in [-0.15, -0.1) is 6.58 Å². The van der Waals surface area contributed by atoms with Gasteiger partial charge in [0.1, 0.15) is 19.0 Å². The Bertz CT molecular complexity index is 1430. The molecule has 41 heavy (non-hydrogen) atoms. The molecule has 0 unspecified atom stereocenters. The molecule has 2 aromatic carbocycles. The minimum atomic E-state index is -1.01. The average Bonchev–Trinajstić information content (AvgIpc) is 2.93. The fraction of sp³-hybridized carbons (Fsp3) is 0.364. The van der Waals surface area contributed by atoms with Crippen molar-refractivity contribution < 1.29 is 33.4 Å². The molecule has 1 aliphatic heterocycles. The number of carboxylic acids is 1. The molecule has 0 radical (unpaired) electrons. The van der Waals surface area contributed by atoms with Gasteiger partial charge in [-0.25, -0.2) is 4.39 Å². The average molecular weight is 560 g/mol. The van der Waals surface area contributed by atoms with Crippen molar-refractivity contribution in [3.8, 4) is 11.5 Å². The molecular formula is C33H34FNO6. The van der Waals surface area contributed by atoms with Gasteiger partial charge in [-0.2, -0.15) is 0 Å². The van der Waals surface area contributed by atoms with Crippen molar-refractivity contribution in [1.82, 2.24) is 4.90 Å². The zero-order chi connectivity index (χ0) is 29.1. The van der Waals surface area contributed by atoms with Crippen LogP contribution >= 0.6 is 0 Å². The quantitative estimate of drug-likeness (QED) is 0.355. The number of ketones is 2. The van der Waals surface area contributed by atoms with E-state index in [9.17, 15) is 23.9 Å². The summed E-state index contributed by atoms with van der Waals surface area (Å²) < 4.78 is 26.0. The van der Waals surface area contributed by atoms with E-state index >= 15 is 0 Å². The Kier molecular flexibility index (Phi) is 8.38. The number of nitrogens with zero attached hydrogens (tertiary/aromatic N) is 1. The Morgan fingerprint density at radius 2 is 1.73 bits per heavy atom. The number of carboxylic acid groups (broad SMARTS) is 1. The van der Waals surface area contributed by atoms with Gasteiger partial charge >= 0.3 is 5.97 Å². The molecule has 8 heteroatoms. The lowest BCUT2D eigenvalue weighted by Crippen LogP contribution is -2.41. The van der Waals surface area contributed by atoms with Crippen molar-refractivity contribution in [1.29, 1.82) is 0 Å². The molecular weight excluding hydrogens is 525 g/mol. The molecule has 214 valence electrons. The molecule has 2 aromatic rings. The molecule has 0 saturated heterocycles. The van der Waals surface area contributed by atoms with Crippen molar-refractivity contribution in [2.24, 2.45) is 0 Å². The number of benzene rings is 2. The van der Waals surface area contributed by atoms with E-state index in [1.807, 2.05) is 19.1 Å². The van der Waals surface area contributed by atoms with Crippen LogP contribution in [0.4, 0.5) is 4.39 Å². The molecule has 0 amide bonds. The number of carbonyl (C=O) groups excluding carboxylic acids is 2. The number of hydrogen-bond acceptors (Lipinski definition) is 6. The lowest BCUT2D eigenvalue weighted by Gasteiger charge is -2.43. The molecule has 7 nitrogen and oxygen atoms in total. The first-order chi connectivity index (χ1) is 19.8. The molecule has 3 aliphatic rings. The Balaban J connectivity index is 1.67. The highest BCUT2D eigenvalue weighted by Crippen LogP contribution is 2.50. The van der Waals surface area contributed by atoms with Gasteiger partial charge in [-0.1, -0.05) is 24.3 Å². The molecule has 0 aromatic heterocycles. The fourth-order valence-corrected chi connectivity index (χ4v) is 6.24. The van der Waals surface area contributed by atoms with Crippen molar-refractivity contribution in [3.63, 3.8) is 0 Å². The topological polar surface area (TPSA) is 93.1 Å². The maximum Gasteiger partial charge on any atom is 0.323 e. The number of carbonyl (C=O) groups is 3. The second-order valence-electron chi connectivity index (χ2n) is 10.5. The number of hydrogen-bond donors (Lipinski definition) is 1. The number of ether oxygens (including phenoxy) is 2. The molecule has 0 fully saturated rings. The Labute approximate surface area is 238 Å². The lowest BCUT2D eigenvalue weighted by atomic mass is 9.70. The van der Waals surface area contributed by atoms with Crippen LogP contribution in [0.5, 0.6) is 11.5 Å². The first-order valence-electron chi connectivity index (χ1n) is 14.1. The van der Waals surface area contributed by atoms with Gasteiger partial charge in [0, 0.05) is 46.9 Å². The highest BCUT2D eigenvalue weighted by atomic mass is 19.1. The lowest BCUT2D eigenvalue weighted by molar-refractivity contribution is -0.138. The molecule has 1 N–H and O–H groups in total. The zero-order valence-corrected chi connectivity index (χ0v) is 23.2. The number of Topliss-reactive ketones (excluding diaryl/α,β-unsaturated/α-hetero) is 2. The number of aliphatic carboxylic acids is 1. The van der Waals surface area contributed by atoms with Gasteiger partial charge < -0.3 is 19.5 Å². The van der Waals surface area contributed by atoms with Crippen LogP contribution in [0.3, 0.4) is 0 Å². The normalized spacial score (nSPS) is 17.4. The summed E-state index contributed by atoms with van der Waals surface area (Å²) >= 11 is 0. The maximum atomic E-state index is 13.8. The van der Waals surface area contributed by atoms with E-state index in [2.05, 4.69) is 6.58 Å². The van der Waals surface area contributed by atoms with Crippen molar-refractivity contribution in [3.05, 3.63) is 94.1 Å². The summed E-state index contributed by atoms with van der Waals surface area (Å²) in [5.74, 6) is -1.15. The Hall–Kier alpha value is -4.20. The van der Waals surface area contributed by atoms with E-state index in [0.29, 0.717) is 91.2 Å². The summed E-state index contributed by atoms with van der Waals surface area (Å²) in [5, 5.41) is 9.71. The van der Waals surface area contributed by atoms with E-state index in [-0.39, 0.29) is 30.5 Å². The molecule has 0 bridgehead atoms. The molecule has 0 spiro atoms. The van der Waals surface area contributed by atoms with E-state index in [1.54, 1.807) is 23.1 Å². The third kappa shape index (κ3) is 5.69. The fourth-order valence-electron chi connectivity index (χ4n) is 6.24. The predicted molar refractivity (Wildman–Crippen MR) is 151 cm³/mol. The number of rotatable bonds is 10. The van der Waals surface area contributed by atoms with Gasteiger partial charge in [0.2, 0.25) is 0 Å². The zero-order valence-electron chi connectivity index (χ0n) is 23.2. The highest BCUT2D eigenvalue weighted by molar-refractivity contribution is 6.06. The van der Waals surface area contributed by atoms with Gasteiger partial charge in [0.05, 0.1) is 6.61 Å². The second-order valence-corrected chi connectivity index (χ2v) is 10.5. The third-order valence-electron chi connectivity index (χ3n) is 7.80. The first-order valence-corrected chi connectivity index (χ1v) is 14.1. The summed E-state index contributed by atoms with van der Waals surface area (Å²) in [6, 6.07) is 9.95.